The van der Waals surface area contributed by atoms with Crippen LogP contribution in [-0.4, -0.2) is 20.8 Å². The molecule has 29 heavy (non-hydrogen) atoms. The smallest absolute Gasteiger partial charge is 0.266 e. The Morgan fingerprint density at radius 2 is 1.38 bits per heavy atom. The van der Waals surface area contributed by atoms with E-state index in [1.54, 1.807) is 6.92 Å². The molecule has 0 saturated heterocycles. The highest BCUT2D eigenvalue weighted by atomic mass is 16.3. The Kier molecular flexibility index (Phi) is 4.25. The van der Waals surface area contributed by atoms with E-state index in [2.05, 4.69) is 4.85 Å². The minimum atomic E-state index is -0.666. The highest BCUT2D eigenvalue weighted by molar-refractivity contribution is 5.98. The van der Waals surface area contributed by atoms with Crippen LogP contribution in [0.15, 0.2) is 55.6 Å². The summed E-state index contributed by atoms with van der Waals surface area (Å²) in [6.45, 7) is 8.37. The minimum absolute atomic E-state index is 0.0445. The van der Waals surface area contributed by atoms with Crippen LogP contribution in [0.3, 0.4) is 0 Å². The maximum Gasteiger partial charge on any atom is 0.266 e. The van der Waals surface area contributed by atoms with Gasteiger partial charge in [-0.15, -0.1) is 0 Å². The van der Waals surface area contributed by atoms with Crippen molar-refractivity contribution in [2.75, 3.05) is 6.61 Å². The molecular formula is C21H15N3O5. The molecule has 4 aromatic rings. The highest BCUT2D eigenvalue weighted by Gasteiger charge is 2.22. The van der Waals surface area contributed by atoms with Gasteiger partial charge in [-0.3, -0.25) is 23.7 Å². The van der Waals surface area contributed by atoms with Gasteiger partial charge in [0, 0.05) is 5.69 Å². The highest BCUT2D eigenvalue weighted by Crippen LogP contribution is 2.19. The van der Waals surface area contributed by atoms with E-state index in [9.17, 15) is 24.3 Å². The third kappa shape index (κ3) is 2.56. The van der Waals surface area contributed by atoms with Gasteiger partial charge in [0.25, 0.3) is 22.2 Å². The summed E-state index contributed by atoms with van der Waals surface area (Å²) >= 11 is 0. The predicted octanol–water partition coefficient (Wildman–Crippen LogP) is 1.40. The molecule has 8 heteroatoms. The molecule has 1 unspecified atom stereocenters. The van der Waals surface area contributed by atoms with Crippen molar-refractivity contribution in [2.24, 2.45) is 0 Å². The summed E-state index contributed by atoms with van der Waals surface area (Å²) in [4.78, 5) is 54.5. The molecule has 0 aliphatic carbocycles. The Hall–Kier alpha value is -3.83. The lowest BCUT2D eigenvalue weighted by atomic mass is 10.1. The van der Waals surface area contributed by atoms with Gasteiger partial charge in [0.2, 0.25) is 0 Å². The second kappa shape index (κ2) is 6.65. The first-order chi connectivity index (χ1) is 13.9. The third-order valence-corrected chi connectivity index (χ3v) is 5.21. The Morgan fingerprint density at radius 1 is 0.897 bits per heavy atom. The van der Waals surface area contributed by atoms with Gasteiger partial charge < -0.3 is 5.11 Å². The van der Waals surface area contributed by atoms with Crippen LogP contribution in [-0.2, 0) is 0 Å². The molecule has 1 N–H and O–H groups in total. The van der Waals surface area contributed by atoms with E-state index in [1.807, 2.05) is 0 Å². The number of benzene rings is 2. The van der Waals surface area contributed by atoms with Crippen LogP contribution >= 0.6 is 0 Å². The fourth-order valence-corrected chi connectivity index (χ4v) is 3.63. The van der Waals surface area contributed by atoms with E-state index < -0.39 is 28.3 Å². The standard InChI is InChI=1S/C21H15N3O5/c1-3-12(10-25)23-18(26)14-8-16-17(9-15(14)19(23)27)21(29)24(20(16)28)13-6-4-11(22-2)5-7-13/h4-9,12,25H,3,10H2,1H3. The summed E-state index contributed by atoms with van der Waals surface area (Å²) in [6.07, 6.45) is 0.383. The second-order valence-electron chi connectivity index (χ2n) is 6.74. The number of aromatic nitrogens is 2. The Balaban J connectivity index is 2.05. The fourth-order valence-electron chi connectivity index (χ4n) is 3.63. The lowest BCUT2D eigenvalue weighted by Crippen LogP contribution is -2.31. The van der Waals surface area contributed by atoms with Crippen LogP contribution in [0.4, 0.5) is 5.69 Å². The number of hydrogen-bond acceptors (Lipinski definition) is 5. The molecule has 0 saturated carbocycles. The summed E-state index contributed by atoms with van der Waals surface area (Å²) in [6, 6.07) is 7.88. The fraction of sp³-hybridized carbons (Fsp3) is 0.190. The van der Waals surface area contributed by atoms with Crippen molar-refractivity contribution >= 4 is 27.2 Å². The SMILES string of the molecule is [C-]#[N+]c1ccc(-n2c(=O)c3cc4c(=O)n(C(CC)CO)c(=O)c4cc3c2=O)cc1. The first-order valence-corrected chi connectivity index (χ1v) is 8.96. The first-order valence-electron chi connectivity index (χ1n) is 8.96. The lowest BCUT2D eigenvalue weighted by Gasteiger charge is -2.10. The molecule has 0 aliphatic rings. The molecule has 4 rings (SSSR count). The molecule has 0 amide bonds. The van der Waals surface area contributed by atoms with E-state index in [-0.39, 0.29) is 28.2 Å². The lowest BCUT2D eigenvalue weighted by molar-refractivity contribution is 0.220. The van der Waals surface area contributed by atoms with Gasteiger partial charge in [-0.25, -0.2) is 9.41 Å². The summed E-state index contributed by atoms with van der Waals surface area (Å²) in [5.74, 6) is 0. The van der Waals surface area contributed by atoms with Crippen molar-refractivity contribution in [3.05, 3.63) is 89.2 Å². The van der Waals surface area contributed by atoms with Crippen molar-refractivity contribution in [3.63, 3.8) is 0 Å². The second-order valence-corrected chi connectivity index (χ2v) is 6.74. The van der Waals surface area contributed by atoms with Crippen molar-refractivity contribution in [1.29, 1.82) is 0 Å². The Bertz CT molecular complexity index is 1430. The quantitative estimate of drug-likeness (QED) is 0.532. The van der Waals surface area contributed by atoms with Crippen molar-refractivity contribution in [2.45, 2.75) is 19.4 Å². The normalized spacial score (nSPS) is 12.4. The average Bonchev–Trinajstić information content (AvgIpc) is 3.13. The van der Waals surface area contributed by atoms with Crippen LogP contribution < -0.4 is 22.2 Å². The van der Waals surface area contributed by atoms with Crippen molar-refractivity contribution in [1.82, 2.24) is 9.13 Å². The van der Waals surface area contributed by atoms with Crippen LogP contribution in [0.25, 0.3) is 32.1 Å². The van der Waals surface area contributed by atoms with Crippen LogP contribution in [0.1, 0.15) is 19.4 Å². The number of hydrogen-bond donors (Lipinski definition) is 1. The molecule has 0 aliphatic heterocycles. The maximum absolute atomic E-state index is 12.9. The molecule has 2 aromatic heterocycles. The zero-order chi connectivity index (χ0) is 20.9. The van der Waals surface area contributed by atoms with Gasteiger partial charge in [-0.2, -0.15) is 0 Å². The summed E-state index contributed by atoms with van der Waals surface area (Å²) in [7, 11) is 0. The van der Waals surface area contributed by atoms with Crippen molar-refractivity contribution in [3.8, 4) is 5.69 Å². The molecule has 1 atom stereocenters. The van der Waals surface area contributed by atoms with Gasteiger partial charge in [-0.1, -0.05) is 19.1 Å². The molecule has 8 nitrogen and oxygen atoms in total. The van der Waals surface area contributed by atoms with Gasteiger partial charge in [-0.05, 0) is 30.7 Å². The van der Waals surface area contributed by atoms with Gasteiger partial charge in [0.1, 0.15) is 0 Å². The number of fused-ring (bicyclic) bond motifs is 2. The molecular weight excluding hydrogens is 374 g/mol. The van der Waals surface area contributed by atoms with Crippen LogP contribution in [0, 0.1) is 6.57 Å². The number of nitrogens with zero attached hydrogens (tertiary/aromatic N) is 3. The first kappa shape index (κ1) is 18.5. The molecule has 0 fully saturated rings. The Morgan fingerprint density at radius 3 is 1.79 bits per heavy atom. The van der Waals surface area contributed by atoms with E-state index in [0.717, 1.165) is 9.13 Å². The summed E-state index contributed by atoms with van der Waals surface area (Å²) in [5, 5.41) is 9.66. The molecule has 2 heterocycles. The van der Waals surface area contributed by atoms with Crippen molar-refractivity contribution < 1.29 is 5.11 Å². The number of aliphatic hydroxyl groups is 1. The van der Waals surface area contributed by atoms with Gasteiger partial charge in [0.15, 0.2) is 5.69 Å². The topological polar surface area (TPSA) is 103 Å². The maximum atomic E-state index is 12.9. The number of aliphatic hydroxyl groups excluding tert-OH is 1. The Labute approximate surface area is 163 Å². The zero-order valence-electron chi connectivity index (χ0n) is 15.4. The predicted molar refractivity (Wildman–Crippen MR) is 109 cm³/mol. The largest absolute Gasteiger partial charge is 0.394 e. The van der Waals surface area contributed by atoms with E-state index in [1.165, 1.54) is 36.4 Å². The van der Waals surface area contributed by atoms with Crippen LogP contribution in [0.5, 0.6) is 0 Å². The van der Waals surface area contributed by atoms with Gasteiger partial charge in [0.05, 0.1) is 40.8 Å². The zero-order valence-corrected chi connectivity index (χ0v) is 15.4. The monoisotopic (exact) mass is 389 g/mol. The third-order valence-electron chi connectivity index (χ3n) is 5.21. The van der Waals surface area contributed by atoms with E-state index in [0.29, 0.717) is 17.8 Å². The molecule has 144 valence electrons. The van der Waals surface area contributed by atoms with Crippen LogP contribution in [0.2, 0.25) is 0 Å². The molecule has 0 radical (unpaired) electrons. The van der Waals surface area contributed by atoms with E-state index in [4.69, 9.17) is 6.57 Å². The minimum Gasteiger partial charge on any atom is -0.394 e. The summed E-state index contributed by atoms with van der Waals surface area (Å²) in [5.41, 5.74) is -1.71. The number of rotatable bonds is 4. The summed E-state index contributed by atoms with van der Waals surface area (Å²) < 4.78 is 1.94. The van der Waals surface area contributed by atoms with E-state index >= 15 is 0 Å². The molecule has 0 bridgehead atoms. The van der Waals surface area contributed by atoms with Gasteiger partial charge >= 0.3 is 0 Å². The average molecular weight is 389 g/mol. The molecule has 0 spiro atoms. The molecule has 2 aromatic carbocycles.